The van der Waals surface area contributed by atoms with E-state index in [4.69, 9.17) is 4.74 Å². The van der Waals surface area contributed by atoms with Crippen LogP contribution in [0.5, 0.6) is 5.75 Å². The van der Waals surface area contributed by atoms with Gasteiger partial charge in [-0.05, 0) is 38.6 Å². The molecule has 1 atom stereocenters. The lowest BCUT2D eigenvalue weighted by Gasteiger charge is -2.33. The molecule has 2 rings (SSSR count). The van der Waals surface area contributed by atoms with Crippen molar-refractivity contribution >= 4 is 11.6 Å². The smallest absolute Gasteiger partial charge is 0.241 e. The van der Waals surface area contributed by atoms with E-state index >= 15 is 0 Å². The highest BCUT2D eigenvalue weighted by molar-refractivity contribution is 5.96. The van der Waals surface area contributed by atoms with E-state index in [1.807, 2.05) is 32.0 Å². The Morgan fingerprint density at radius 2 is 2.35 bits per heavy atom. The second-order valence-electron chi connectivity index (χ2n) is 4.43. The minimum absolute atomic E-state index is 0.0325. The van der Waals surface area contributed by atoms with E-state index in [0.29, 0.717) is 13.1 Å². The van der Waals surface area contributed by atoms with Gasteiger partial charge in [0.1, 0.15) is 11.9 Å². The van der Waals surface area contributed by atoms with Crippen molar-refractivity contribution in [3.63, 3.8) is 0 Å². The molecule has 0 bridgehead atoms. The topological polar surface area (TPSA) is 41.6 Å². The number of fused-ring (bicyclic) bond motifs is 1. The lowest BCUT2D eigenvalue weighted by molar-refractivity contribution is -0.118. The first-order chi connectivity index (χ1) is 8.11. The van der Waals surface area contributed by atoms with Crippen molar-refractivity contribution in [1.82, 2.24) is 5.32 Å². The Morgan fingerprint density at radius 3 is 3.06 bits per heavy atom. The Labute approximate surface area is 102 Å². The molecule has 1 aliphatic heterocycles. The zero-order chi connectivity index (χ0) is 12.4. The van der Waals surface area contributed by atoms with E-state index in [2.05, 4.69) is 5.32 Å². The number of nitrogens with one attached hydrogen (secondary N) is 1. The SMILES string of the molecule is CNCC(=O)N1C[C@H](C)Oc2cc(C)ccc21. The van der Waals surface area contributed by atoms with Gasteiger partial charge in [0.2, 0.25) is 5.91 Å². The van der Waals surface area contributed by atoms with Gasteiger partial charge >= 0.3 is 0 Å². The lowest BCUT2D eigenvalue weighted by atomic mass is 10.1. The van der Waals surface area contributed by atoms with Crippen molar-refractivity contribution in [2.75, 3.05) is 25.0 Å². The van der Waals surface area contributed by atoms with Crippen LogP contribution < -0.4 is 15.0 Å². The molecular weight excluding hydrogens is 216 g/mol. The number of rotatable bonds is 2. The molecule has 0 unspecified atom stereocenters. The van der Waals surface area contributed by atoms with Crippen molar-refractivity contribution in [1.29, 1.82) is 0 Å². The predicted octanol–water partition coefficient (Wildman–Crippen LogP) is 1.33. The average molecular weight is 234 g/mol. The van der Waals surface area contributed by atoms with Crippen molar-refractivity contribution in [2.45, 2.75) is 20.0 Å². The molecule has 92 valence electrons. The molecule has 1 aromatic rings. The van der Waals surface area contributed by atoms with Crippen LogP contribution in [0.3, 0.4) is 0 Å². The van der Waals surface area contributed by atoms with Crippen LogP contribution in [0.2, 0.25) is 0 Å². The lowest BCUT2D eigenvalue weighted by Crippen LogP contribution is -2.45. The highest BCUT2D eigenvalue weighted by Crippen LogP contribution is 2.34. The maximum absolute atomic E-state index is 12.0. The molecule has 1 aliphatic rings. The largest absolute Gasteiger partial charge is 0.487 e. The van der Waals surface area contributed by atoms with Crippen LogP contribution in [0.15, 0.2) is 18.2 Å². The van der Waals surface area contributed by atoms with Crippen molar-refractivity contribution < 1.29 is 9.53 Å². The van der Waals surface area contributed by atoms with Gasteiger partial charge in [0.05, 0.1) is 18.8 Å². The molecule has 0 saturated heterocycles. The molecule has 0 spiro atoms. The third-order valence-corrected chi connectivity index (χ3v) is 2.80. The number of nitrogens with zero attached hydrogens (tertiary/aromatic N) is 1. The first kappa shape index (κ1) is 11.9. The van der Waals surface area contributed by atoms with E-state index < -0.39 is 0 Å². The van der Waals surface area contributed by atoms with Crippen LogP contribution in [0.25, 0.3) is 0 Å². The van der Waals surface area contributed by atoms with E-state index in [1.54, 1.807) is 11.9 Å². The summed E-state index contributed by atoms with van der Waals surface area (Å²) in [6, 6.07) is 5.92. The molecule has 0 aromatic heterocycles. The van der Waals surface area contributed by atoms with E-state index in [0.717, 1.165) is 17.0 Å². The first-order valence-electron chi connectivity index (χ1n) is 5.84. The van der Waals surface area contributed by atoms with Gasteiger partial charge in [-0.1, -0.05) is 6.07 Å². The van der Waals surface area contributed by atoms with Gasteiger partial charge in [0.15, 0.2) is 0 Å². The molecule has 0 fully saturated rings. The molecule has 17 heavy (non-hydrogen) atoms. The summed E-state index contributed by atoms with van der Waals surface area (Å²) in [7, 11) is 1.78. The number of hydrogen-bond acceptors (Lipinski definition) is 3. The number of likely N-dealkylation sites (N-methyl/N-ethyl adjacent to an activating group) is 1. The van der Waals surface area contributed by atoms with Crippen molar-refractivity contribution in [2.24, 2.45) is 0 Å². The fraction of sp³-hybridized carbons (Fsp3) is 0.462. The predicted molar refractivity (Wildman–Crippen MR) is 67.5 cm³/mol. The summed E-state index contributed by atoms with van der Waals surface area (Å²) in [6.45, 7) is 4.95. The second-order valence-corrected chi connectivity index (χ2v) is 4.43. The maximum Gasteiger partial charge on any atom is 0.241 e. The van der Waals surface area contributed by atoms with Gasteiger partial charge in [0, 0.05) is 0 Å². The molecular formula is C13H18N2O2. The van der Waals surface area contributed by atoms with Crippen LogP contribution >= 0.6 is 0 Å². The highest BCUT2D eigenvalue weighted by Gasteiger charge is 2.26. The standard InChI is InChI=1S/C13H18N2O2/c1-9-4-5-11-12(6-9)17-10(2)8-15(11)13(16)7-14-3/h4-6,10,14H,7-8H2,1-3H3/t10-/m0/s1. The van der Waals surface area contributed by atoms with E-state index in [9.17, 15) is 4.79 Å². The number of aryl methyl sites for hydroxylation is 1. The van der Waals surface area contributed by atoms with Crippen LogP contribution in [-0.4, -0.2) is 32.1 Å². The molecule has 0 radical (unpaired) electrons. The van der Waals surface area contributed by atoms with Crippen molar-refractivity contribution in [3.8, 4) is 5.75 Å². The van der Waals surface area contributed by atoms with Gasteiger partial charge < -0.3 is 15.0 Å². The zero-order valence-electron chi connectivity index (χ0n) is 10.5. The zero-order valence-corrected chi connectivity index (χ0v) is 10.5. The number of hydrogen-bond donors (Lipinski definition) is 1. The average Bonchev–Trinajstić information content (AvgIpc) is 2.27. The molecule has 0 saturated carbocycles. The molecule has 4 heteroatoms. The fourth-order valence-electron chi connectivity index (χ4n) is 2.03. The van der Waals surface area contributed by atoms with Gasteiger partial charge in [-0.3, -0.25) is 4.79 Å². The van der Waals surface area contributed by atoms with Crippen molar-refractivity contribution in [3.05, 3.63) is 23.8 Å². The second kappa shape index (κ2) is 4.75. The van der Waals surface area contributed by atoms with Crippen LogP contribution in [0, 0.1) is 6.92 Å². The molecule has 1 amide bonds. The summed E-state index contributed by atoms with van der Waals surface area (Å²) in [6.07, 6.45) is 0.0325. The molecule has 1 heterocycles. The fourth-order valence-corrected chi connectivity index (χ4v) is 2.03. The summed E-state index contributed by atoms with van der Waals surface area (Å²) in [5.41, 5.74) is 2.01. The van der Waals surface area contributed by atoms with E-state index in [-0.39, 0.29) is 12.0 Å². The number of benzene rings is 1. The third kappa shape index (κ3) is 2.42. The van der Waals surface area contributed by atoms with Gasteiger partial charge in [-0.25, -0.2) is 0 Å². The van der Waals surface area contributed by atoms with Gasteiger partial charge in [0.25, 0.3) is 0 Å². The number of carbonyl (C=O) groups is 1. The highest BCUT2D eigenvalue weighted by atomic mass is 16.5. The van der Waals surface area contributed by atoms with E-state index in [1.165, 1.54) is 0 Å². The molecule has 1 aromatic carbocycles. The normalized spacial score (nSPS) is 18.5. The Balaban J connectivity index is 2.34. The summed E-state index contributed by atoms with van der Waals surface area (Å²) in [4.78, 5) is 13.8. The third-order valence-electron chi connectivity index (χ3n) is 2.80. The van der Waals surface area contributed by atoms with Crippen LogP contribution in [-0.2, 0) is 4.79 Å². The summed E-state index contributed by atoms with van der Waals surface area (Å²) < 4.78 is 5.76. The Hall–Kier alpha value is -1.55. The van der Waals surface area contributed by atoms with Gasteiger partial charge in [-0.15, -0.1) is 0 Å². The first-order valence-corrected chi connectivity index (χ1v) is 5.84. The summed E-state index contributed by atoms with van der Waals surface area (Å²) in [5, 5.41) is 2.89. The number of anilines is 1. The minimum atomic E-state index is 0.0325. The summed E-state index contributed by atoms with van der Waals surface area (Å²) in [5.74, 6) is 0.876. The number of amides is 1. The monoisotopic (exact) mass is 234 g/mol. The Morgan fingerprint density at radius 1 is 1.59 bits per heavy atom. The minimum Gasteiger partial charge on any atom is -0.487 e. The van der Waals surface area contributed by atoms with Crippen LogP contribution in [0.1, 0.15) is 12.5 Å². The number of ether oxygens (including phenoxy) is 1. The maximum atomic E-state index is 12.0. The Kier molecular flexibility index (Phi) is 3.33. The summed E-state index contributed by atoms with van der Waals surface area (Å²) >= 11 is 0. The molecule has 1 N–H and O–H groups in total. The molecule has 0 aliphatic carbocycles. The van der Waals surface area contributed by atoms with Crippen LogP contribution in [0.4, 0.5) is 5.69 Å². The quantitative estimate of drug-likeness (QED) is 0.839. The molecule has 4 nitrogen and oxygen atoms in total. The Bertz CT molecular complexity index is 431. The van der Waals surface area contributed by atoms with Gasteiger partial charge in [-0.2, -0.15) is 0 Å². The number of carbonyl (C=O) groups excluding carboxylic acids is 1.